The predicted octanol–water partition coefficient (Wildman–Crippen LogP) is 1.01. The monoisotopic (exact) mass is 336 g/mol. The molecule has 2 rings (SSSR count). The molecule has 0 bridgehead atoms. The number of aromatic nitrogens is 1. The van der Waals surface area contributed by atoms with E-state index in [2.05, 4.69) is 10.6 Å². The van der Waals surface area contributed by atoms with E-state index < -0.39 is 10.7 Å². The van der Waals surface area contributed by atoms with E-state index in [1.165, 1.54) is 22.8 Å². The van der Waals surface area contributed by atoms with E-state index in [0.29, 0.717) is 31.6 Å². The van der Waals surface area contributed by atoms with Crippen molar-refractivity contribution in [2.24, 2.45) is 0 Å². The number of amides is 1. The van der Waals surface area contributed by atoms with Gasteiger partial charge in [0.05, 0.1) is 16.5 Å². The summed E-state index contributed by atoms with van der Waals surface area (Å²) in [7, 11) is 0. The van der Waals surface area contributed by atoms with Crippen molar-refractivity contribution in [2.45, 2.75) is 26.3 Å². The maximum Gasteiger partial charge on any atom is 0.419 e. The zero-order valence-corrected chi connectivity index (χ0v) is 13.4. The van der Waals surface area contributed by atoms with Crippen LogP contribution in [0.15, 0.2) is 27.4 Å². The molecule has 0 saturated heterocycles. The number of aryl methyl sites for hydroxylation is 1. The van der Waals surface area contributed by atoms with Crippen LogP contribution in [-0.4, -0.2) is 35.0 Å². The number of rotatable bonds is 9. The van der Waals surface area contributed by atoms with Gasteiger partial charge in [-0.1, -0.05) is 6.92 Å². The molecule has 0 unspecified atom stereocenters. The van der Waals surface area contributed by atoms with Gasteiger partial charge in [0, 0.05) is 32.1 Å². The number of benzene rings is 1. The first-order chi connectivity index (χ1) is 11.5. The molecule has 2 aromatic rings. The van der Waals surface area contributed by atoms with Crippen LogP contribution in [0.3, 0.4) is 0 Å². The second-order valence-corrected chi connectivity index (χ2v) is 5.24. The fourth-order valence-electron chi connectivity index (χ4n) is 2.33. The zero-order chi connectivity index (χ0) is 17.5. The van der Waals surface area contributed by atoms with Gasteiger partial charge in [0.1, 0.15) is 0 Å². The molecule has 0 saturated carbocycles. The lowest BCUT2D eigenvalue weighted by molar-refractivity contribution is -0.384. The van der Waals surface area contributed by atoms with E-state index in [-0.39, 0.29) is 23.6 Å². The first-order valence-corrected chi connectivity index (χ1v) is 7.78. The molecule has 0 aliphatic heterocycles. The molecule has 1 heterocycles. The summed E-state index contributed by atoms with van der Waals surface area (Å²) in [5.74, 6) is -0.664. The number of hydrogen-bond acceptors (Lipinski definition) is 6. The summed E-state index contributed by atoms with van der Waals surface area (Å²) < 4.78 is 6.41. The Morgan fingerprint density at radius 1 is 1.38 bits per heavy atom. The topological polar surface area (TPSA) is 119 Å². The van der Waals surface area contributed by atoms with Crippen LogP contribution in [0.2, 0.25) is 0 Å². The lowest BCUT2D eigenvalue weighted by Gasteiger charge is -2.06. The predicted molar refractivity (Wildman–Crippen MR) is 87.9 cm³/mol. The van der Waals surface area contributed by atoms with Crippen LogP contribution in [0.1, 0.15) is 19.8 Å². The molecule has 1 aromatic heterocycles. The molecule has 0 aliphatic carbocycles. The molecule has 2 N–H and O–H groups in total. The van der Waals surface area contributed by atoms with Crippen molar-refractivity contribution in [1.82, 2.24) is 15.2 Å². The highest BCUT2D eigenvalue weighted by atomic mass is 16.6. The fraction of sp³-hybridized carbons (Fsp3) is 0.467. The standard InChI is InChI=1S/C15H20N4O5/c1-2-16-7-8-17-14(20)4-3-9-18-12-6-5-11(19(22)23)10-13(12)24-15(18)21/h5-6,10,16H,2-4,7-9H2,1H3,(H,17,20). The van der Waals surface area contributed by atoms with Gasteiger partial charge in [-0.15, -0.1) is 0 Å². The Morgan fingerprint density at radius 3 is 2.88 bits per heavy atom. The smallest absolute Gasteiger partial charge is 0.407 e. The number of nitro benzene ring substituents is 1. The Hall–Kier alpha value is -2.68. The second-order valence-electron chi connectivity index (χ2n) is 5.24. The highest BCUT2D eigenvalue weighted by Crippen LogP contribution is 2.20. The largest absolute Gasteiger partial charge is 0.419 e. The van der Waals surface area contributed by atoms with Crippen LogP contribution in [0.25, 0.3) is 11.1 Å². The fourth-order valence-corrected chi connectivity index (χ4v) is 2.33. The van der Waals surface area contributed by atoms with Crippen LogP contribution in [0.4, 0.5) is 5.69 Å². The first kappa shape index (κ1) is 17.7. The van der Waals surface area contributed by atoms with Gasteiger partial charge < -0.3 is 15.1 Å². The van der Waals surface area contributed by atoms with Crippen LogP contribution < -0.4 is 16.4 Å². The molecule has 0 fully saturated rings. The number of nitro groups is 1. The van der Waals surface area contributed by atoms with E-state index in [4.69, 9.17) is 4.42 Å². The normalized spacial score (nSPS) is 10.9. The summed E-state index contributed by atoms with van der Waals surface area (Å²) in [6, 6.07) is 4.02. The summed E-state index contributed by atoms with van der Waals surface area (Å²) in [5.41, 5.74) is 0.519. The van der Waals surface area contributed by atoms with Crippen LogP contribution in [-0.2, 0) is 11.3 Å². The Morgan fingerprint density at radius 2 is 2.17 bits per heavy atom. The molecule has 1 amide bonds. The number of fused-ring (bicyclic) bond motifs is 1. The van der Waals surface area contributed by atoms with Gasteiger partial charge >= 0.3 is 5.76 Å². The van der Waals surface area contributed by atoms with Gasteiger partial charge in [-0.3, -0.25) is 19.5 Å². The minimum atomic E-state index is -0.585. The molecule has 24 heavy (non-hydrogen) atoms. The summed E-state index contributed by atoms with van der Waals surface area (Å²) in [4.78, 5) is 33.7. The third-order valence-electron chi connectivity index (χ3n) is 3.52. The number of carbonyl (C=O) groups is 1. The SMILES string of the molecule is CCNCCNC(=O)CCCn1c(=O)oc2cc([N+](=O)[O-])ccc21. The summed E-state index contributed by atoms with van der Waals surface area (Å²) in [6.07, 6.45) is 0.761. The number of carbonyl (C=O) groups excluding carboxylic acids is 1. The number of hydrogen-bond donors (Lipinski definition) is 2. The van der Waals surface area contributed by atoms with Crippen molar-refractivity contribution in [3.63, 3.8) is 0 Å². The Bertz CT molecular complexity index is 780. The number of nitrogens with one attached hydrogen (secondary N) is 2. The lowest BCUT2D eigenvalue weighted by Crippen LogP contribution is -2.31. The van der Waals surface area contributed by atoms with Gasteiger partial charge in [-0.05, 0) is 19.0 Å². The number of nitrogens with zero attached hydrogens (tertiary/aromatic N) is 2. The lowest BCUT2D eigenvalue weighted by atomic mass is 10.2. The molecule has 0 spiro atoms. The maximum atomic E-state index is 11.9. The first-order valence-electron chi connectivity index (χ1n) is 7.78. The van der Waals surface area contributed by atoms with Crippen molar-refractivity contribution in [3.05, 3.63) is 38.9 Å². The van der Waals surface area contributed by atoms with Crippen molar-refractivity contribution < 1.29 is 14.1 Å². The van der Waals surface area contributed by atoms with Gasteiger partial charge in [0.2, 0.25) is 5.91 Å². The van der Waals surface area contributed by atoms with Gasteiger partial charge in [-0.25, -0.2) is 4.79 Å². The van der Waals surface area contributed by atoms with E-state index in [1.54, 1.807) is 0 Å². The molecular weight excluding hydrogens is 316 g/mol. The van der Waals surface area contributed by atoms with Crippen molar-refractivity contribution in [2.75, 3.05) is 19.6 Å². The summed E-state index contributed by atoms with van der Waals surface area (Å²) in [5, 5.41) is 16.6. The summed E-state index contributed by atoms with van der Waals surface area (Å²) in [6.45, 7) is 4.43. The van der Waals surface area contributed by atoms with Crippen molar-refractivity contribution >= 4 is 22.7 Å². The van der Waals surface area contributed by atoms with E-state index >= 15 is 0 Å². The molecule has 0 radical (unpaired) electrons. The highest BCUT2D eigenvalue weighted by molar-refractivity contribution is 5.76. The molecule has 1 aromatic carbocycles. The zero-order valence-electron chi connectivity index (χ0n) is 13.4. The number of oxazole rings is 1. The average Bonchev–Trinajstić information content (AvgIpc) is 2.86. The average molecular weight is 336 g/mol. The van der Waals surface area contributed by atoms with E-state index in [1.807, 2.05) is 6.92 Å². The van der Waals surface area contributed by atoms with E-state index in [9.17, 15) is 19.7 Å². The third kappa shape index (κ3) is 4.42. The molecule has 9 nitrogen and oxygen atoms in total. The Labute approximate surface area is 137 Å². The van der Waals surface area contributed by atoms with Crippen molar-refractivity contribution in [1.29, 1.82) is 0 Å². The molecule has 9 heteroatoms. The van der Waals surface area contributed by atoms with Crippen LogP contribution in [0.5, 0.6) is 0 Å². The molecule has 0 atom stereocenters. The van der Waals surface area contributed by atoms with E-state index in [0.717, 1.165) is 6.54 Å². The maximum absolute atomic E-state index is 11.9. The third-order valence-corrected chi connectivity index (χ3v) is 3.52. The number of likely N-dealkylation sites (N-methyl/N-ethyl adjacent to an activating group) is 1. The quantitative estimate of drug-likeness (QED) is 0.401. The Balaban J connectivity index is 1.93. The van der Waals surface area contributed by atoms with Gasteiger partial charge in [-0.2, -0.15) is 0 Å². The number of non-ortho nitro benzene ring substituents is 1. The van der Waals surface area contributed by atoms with Crippen LogP contribution >= 0.6 is 0 Å². The minimum Gasteiger partial charge on any atom is -0.407 e. The molecule has 130 valence electrons. The highest BCUT2D eigenvalue weighted by Gasteiger charge is 2.14. The second kappa shape index (κ2) is 8.25. The van der Waals surface area contributed by atoms with Gasteiger partial charge in [0.15, 0.2) is 5.58 Å². The molecular formula is C15H20N4O5. The van der Waals surface area contributed by atoms with Crippen molar-refractivity contribution in [3.8, 4) is 0 Å². The van der Waals surface area contributed by atoms with Gasteiger partial charge in [0.25, 0.3) is 5.69 Å². The minimum absolute atomic E-state index is 0.0793. The molecule has 0 aliphatic rings. The summed E-state index contributed by atoms with van der Waals surface area (Å²) >= 11 is 0. The van der Waals surface area contributed by atoms with Crippen LogP contribution in [0, 0.1) is 10.1 Å². The Kier molecular flexibility index (Phi) is 6.07.